The second kappa shape index (κ2) is 4.29. The van der Waals surface area contributed by atoms with E-state index in [1.54, 1.807) is 0 Å². The van der Waals surface area contributed by atoms with Crippen molar-refractivity contribution in [3.8, 4) is 0 Å². The highest BCUT2D eigenvalue weighted by molar-refractivity contribution is 9.10. The topological polar surface area (TPSA) is 38.9 Å². The van der Waals surface area contributed by atoms with Crippen LogP contribution < -0.4 is 5.73 Å². The smallest absolute Gasteiger partial charge is 0.0720 e. The van der Waals surface area contributed by atoms with Crippen molar-refractivity contribution in [3.63, 3.8) is 0 Å². The van der Waals surface area contributed by atoms with E-state index in [0.29, 0.717) is 0 Å². The lowest BCUT2D eigenvalue weighted by molar-refractivity contribution is 0.675. The van der Waals surface area contributed by atoms with E-state index in [9.17, 15) is 0 Å². The number of nitrogens with two attached hydrogens (primary N) is 1. The second-order valence-electron chi connectivity index (χ2n) is 3.56. The number of halogens is 1. The summed E-state index contributed by atoms with van der Waals surface area (Å²) >= 11 is 3.52. The fraction of sp³-hybridized carbons (Fsp3) is 0.250. The summed E-state index contributed by atoms with van der Waals surface area (Å²) in [5.74, 6) is 0. The Morgan fingerprint density at radius 1 is 1.40 bits per heavy atom. The molecule has 0 bridgehead atoms. The first-order valence-corrected chi connectivity index (χ1v) is 5.82. The van der Waals surface area contributed by atoms with Crippen molar-refractivity contribution < 1.29 is 0 Å². The SMILES string of the molecule is CC[C@@H](N)c1nc2ccccc2cc1Br. The minimum Gasteiger partial charge on any atom is -0.323 e. The van der Waals surface area contributed by atoms with Gasteiger partial charge in [0.15, 0.2) is 0 Å². The molecular formula is C12H13BrN2. The summed E-state index contributed by atoms with van der Waals surface area (Å²) in [7, 11) is 0. The zero-order chi connectivity index (χ0) is 10.8. The van der Waals surface area contributed by atoms with Gasteiger partial charge in [0.2, 0.25) is 0 Å². The summed E-state index contributed by atoms with van der Waals surface area (Å²) in [5, 5.41) is 1.14. The van der Waals surface area contributed by atoms with E-state index in [2.05, 4.69) is 33.9 Å². The van der Waals surface area contributed by atoms with Gasteiger partial charge in [-0.15, -0.1) is 0 Å². The Hall–Kier alpha value is -0.930. The van der Waals surface area contributed by atoms with Gasteiger partial charge in [-0.25, -0.2) is 4.98 Å². The third-order valence-corrected chi connectivity index (χ3v) is 3.13. The zero-order valence-electron chi connectivity index (χ0n) is 8.57. The second-order valence-corrected chi connectivity index (χ2v) is 4.42. The Balaban J connectivity index is 2.61. The Labute approximate surface area is 97.6 Å². The first-order valence-electron chi connectivity index (χ1n) is 5.03. The number of benzene rings is 1. The summed E-state index contributed by atoms with van der Waals surface area (Å²) in [5.41, 5.74) is 7.93. The van der Waals surface area contributed by atoms with Crippen LogP contribution in [0.3, 0.4) is 0 Å². The van der Waals surface area contributed by atoms with Crippen molar-refractivity contribution in [2.24, 2.45) is 5.73 Å². The highest BCUT2D eigenvalue weighted by Gasteiger charge is 2.10. The van der Waals surface area contributed by atoms with E-state index in [1.807, 2.05) is 24.3 Å². The molecule has 0 spiro atoms. The molecule has 0 amide bonds. The van der Waals surface area contributed by atoms with Gasteiger partial charge < -0.3 is 5.73 Å². The standard InChI is InChI=1S/C12H13BrN2/c1-2-10(14)12-9(13)7-8-5-3-4-6-11(8)15-12/h3-7,10H,2,14H2,1H3/t10-/m1/s1. The van der Waals surface area contributed by atoms with Crippen molar-refractivity contribution in [1.29, 1.82) is 0 Å². The highest BCUT2D eigenvalue weighted by Crippen LogP contribution is 2.26. The van der Waals surface area contributed by atoms with Gasteiger partial charge in [0.05, 0.1) is 11.2 Å². The van der Waals surface area contributed by atoms with Crippen LogP contribution in [-0.4, -0.2) is 4.98 Å². The van der Waals surface area contributed by atoms with Gasteiger partial charge in [-0.3, -0.25) is 0 Å². The number of nitrogens with zero attached hydrogens (tertiary/aromatic N) is 1. The summed E-state index contributed by atoms with van der Waals surface area (Å²) in [4.78, 5) is 4.57. The molecule has 2 rings (SSSR count). The average molecular weight is 265 g/mol. The van der Waals surface area contributed by atoms with Crippen LogP contribution in [-0.2, 0) is 0 Å². The van der Waals surface area contributed by atoms with Gasteiger partial charge in [-0.2, -0.15) is 0 Å². The molecule has 0 aliphatic rings. The molecule has 0 aliphatic carbocycles. The number of hydrogen-bond acceptors (Lipinski definition) is 2. The molecule has 1 atom stereocenters. The van der Waals surface area contributed by atoms with Crippen molar-refractivity contribution in [3.05, 3.63) is 40.5 Å². The molecule has 0 fully saturated rings. The number of para-hydroxylation sites is 1. The minimum atomic E-state index is 0.00369. The molecule has 1 aromatic heterocycles. The molecule has 78 valence electrons. The molecule has 0 saturated carbocycles. The Morgan fingerprint density at radius 2 is 2.13 bits per heavy atom. The van der Waals surface area contributed by atoms with Crippen LogP contribution in [0.15, 0.2) is 34.8 Å². The van der Waals surface area contributed by atoms with E-state index in [-0.39, 0.29) is 6.04 Å². The number of rotatable bonds is 2. The molecule has 2 aromatic rings. The third-order valence-electron chi connectivity index (χ3n) is 2.50. The number of pyridine rings is 1. The van der Waals surface area contributed by atoms with E-state index >= 15 is 0 Å². The molecular weight excluding hydrogens is 252 g/mol. The fourth-order valence-corrected chi connectivity index (χ4v) is 2.19. The van der Waals surface area contributed by atoms with Crippen molar-refractivity contribution >= 4 is 26.8 Å². The van der Waals surface area contributed by atoms with E-state index < -0.39 is 0 Å². The lowest BCUT2D eigenvalue weighted by Crippen LogP contribution is -2.11. The van der Waals surface area contributed by atoms with Gasteiger partial charge >= 0.3 is 0 Å². The monoisotopic (exact) mass is 264 g/mol. The Bertz CT molecular complexity index is 482. The van der Waals surface area contributed by atoms with Crippen LogP contribution in [0.25, 0.3) is 10.9 Å². The zero-order valence-corrected chi connectivity index (χ0v) is 10.2. The molecule has 0 unspecified atom stereocenters. The van der Waals surface area contributed by atoms with E-state index in [0.717, 1.165) is 27.5 Å². The van der Waals surface area contributed by atoms with Gasteiger partial charge in [-0.1, -0.05) is 25.1 Å². The van der Waals surface area contributed by atoms with Gasteiger partial charge in [0.25, 0.3) is 0 Å². The summed E-state index contributed by atoms with van der Waals surface area (Å²) < 4.78 is 0.996. The summed E-state index contributed by atoms with van der Waals surface area (Å²) in [6.45, 7) is 2.06. The molecule has 2 N–H and O–H groups in total. The number of aromatic nitrogens is 1. The van der Waals surface area contributed by atoms with Gasteiger partial charge in [0, 0.05) is 15.9 Å². The minimum absolute atomic E-state index is 0.00369. The van der Waals surface area contributed by atoms with Crippen molar-refractivity contribution in [1.82, 2.24) is 4.98 Å². The van der Waals surface area contributed by atoms with Gasteiger partial charge in [0.1, 0.15) is 0 Å². The maximum atomic E-state index is 5.99. The first-order chi connectivity index (χ1) is 7.22. The van der Waals surface area contributed by atoms with Crippen LogP contribution in [0.4, 0.5) is 0 Å². The lowest BCUT2D eigenvalue weighted by atomic mass is 10.1. The molecule has 0 radical (unpaired) electrons. The Morgan fingerprint density at radius 3 is 2.87 bits per heavy atom. The lowest BCUT2D eigenvalue weighted by Gasteiger charge is -2.11. The van der Waals surface area contributed by atoms with E-state index in [1.165, 1.54) is 0 Å². The number of fused-ring (bicyclic) bond motifs is 1. The van der Waals surface area contributed by atoms with E-state index in [4.69, 9.17) is 5.73 Å². The van der Waals surface area contributed by atoms with Crippen molar-refractivity contribution in [2.45, 2.75) is 19.4 Å². The summed E-state index contributed by atoms with van der Waals surface area (Å²) in [6, 6.07) is 10.1. The predicted molar refractivity (Wildman–Crippen MR) is 66.7 cm³/mol. The summed E-state index contributed by atoms with van der Waals surface area (Å²) in [6.07, 6.45) is 0.893. The molecule has 15 heavy (non-hydrogen) atoms. The largest absolute Gasteiger partial charge is 0.323 e. The van der Waals surface area contributed by atoms with Gasteiger partial charge in [-0.05, 0) is 34.5 Å². The predicted octanol–water partition coefficient (Wildman–Crippen LogP) is 3.41. The molecule has 3 heteroatoms. The highest BCUT2D eigenvalue weighted by atomic mass is 79.9. The van der Waals surface area contributed by atoms with Crippen LogP contribution in [0.2, 0.25) is 0 Å². The van der Waals surface area contributed by atoms with Crippen LogP contribution in [0.5, 0.6) is 0 Å². The third kappa shape index (κ3) is 2.03. The maximum Gasteiger partial charge on any atom is 0.0720 e. The maximum absolute atomic E-state index is 5.99. The molecule has 0 aliphatic heterocycles. The molecule has 1 aromatic carbocycles. The fourth-order valence-electron chi connectivity index (χ4n) is 1.56. The van der Waals surface area contributed by atoms with Crippen LogP contribution in [0.1, 0.15) is 25.1 Å². The Kier molecular flexibility index (Phi) is 3.03. The first kappa shape index (κ1) is 10.6. The molecule has 0 saturated heterocycles. The molecule has 2 nitrogen and oxygen atoms in total. The van der Waals surface area contributed by atoms with Crippen LogP contribution >= 0.6 is 15.9 Å². The quantitative estimate of drug-likeness (QED) is 0.903. The van der Waals surface area contributed by atoms with Crippen LogP contribution in [0, 0.1) is 0 Å². The average Bonchev–Trinajstić information content (AvgIpc) is 2.27. The number of hydrogen-bond donors (Lipinski definition) is 1. The normalized spacial score (nSPS) is 13.0. The van der Waals surface area contributed by atoms with Crippen molar-refractivity contribution in [2.75, 3.05) is 0 Å². The molecule has 1 heterocycles.